The van der Waals surface area contributed by atoms with Crippen LogP contribution in [0.2, 0.25) is 0 Å². The number of rotatable bonds is 10. The zero-order valence-corrected chi connectivity index (χ0v) is 23.3. The minimum Gasteiger partial charge on any atom is -0.462 e. The van der Waals surface area contributed by atoms with E-state index < -0.39 is 22.0 Å². The summed E-state index contributed by atoms with van der Waals surface area (Å²) in [6.45, 7) is 3.94. The number of non-ortho nitro benzene ring substituents is 1. The van der Waals surface area contributed by atoms with E-state index >= 15 is 0 Å². The lowest BCUT2D eigenvalue weighted by atomic mass is 9.95. The van der Waals surface area contributed by atoms with Crippen molar-refractivity contribution in [2.75, 3.05) is 17.2 Å². The van der Waals surface area contributed by atoms with E-state index in [0.29, 0.717) is 22.7 Å². The third-order valence-corrected chi connectivity index (χ3v) is 8.81. The second kappa shape index (κ2) is 12.9. The van der Waals surface area contributed by atoms with Crippen molar-refractivity contribution >= 4 is 57.3 Å². The van der Waals surface area contributed by atoms with Crippen molar-refractivity contribution in [3.63, 3.8) is 0 Å². The average Bonchev–Trinajstić information content (AvgIpc) is 3.29. The molecule has 39 heavy (non-hydrogen) atoms. The number of benzene rings is 2. The fraction of sp³-hybridized carbons (Fsp3) is 0.321. The van der Waals surface area contributed by atoms with Gasteiger partial charge < -0.3 is 15.4 Å². The predicted molar refractivity (Wildman–Crippen MR) is 153 cm³/mol. The molecule has 0 aliphatic heterocycles. The summed E-state index contributed by atoms with van der Waals surface area (Å²) in [5, 5.41) is 16.9. The molecule has 204 valence electrons. The van der Waals surface area contributed by atoms with Gasteiger partial charge in [0, 0.05) is 33.2 Å². The van der Waals surface area contributed by atoms with Gasteiger partial charge in [0.05, 0.1) is 22.3 Å². The first-order valence-corrected chi connectivity index (χ1v) is 14.4. The Morgan fingerprint density at radius 2 is 1.85 bits per heavy atom. The molecule has 1 heterocycles. The number of amides is 2. The number of nitro groups is 1. The first-order valence-electron chi connectivity index (χ1n) is 12.8. The maximum atomic E-state index is 13.3. The van der Waals surface area contributed by atoms with Gasteiger partial charge in [0.15, 0.2) is 0 Å². The van der Waals surface area contributed by atoms with E-state index in [0.717, 1.165) is 41.0 Å². The van der Waals surface area contributed by atoms with E-state index in [-0.39, 0.29) is 23.8 Å². The quantitative estimate of drug-likeness (QED) is 0.124. The van der Waals surface area contributed by atoms with Crippen molar-refractivity contribution < 1.29 is 24.0 Å². The molecule has 1 atom stereocenters. The lowest BCUT2D eigenvalue weighted by Gasteiger charge is -2.16. The van der Waals surface area contributed by atoms with Crippen LogP contribution in [-0.2, 0) is 22.4 Å². The highest BCUT2D eigenvalue weighted by Gasteiger charge is 2.29. The molecule has 11 heteroatoms. The summed E-state index contributed by atoms with van der Waals surface area (Å²) >= 11 is 2.81. The number of nitro benzene ring substituents is 1. The molecule has 2 amide bonds. The Morgan fingerprint density at radius 1 is 1.08 bits per heavy atom. The second-order valence-corrected chi connectivity index (χ2v) is 11.3. The van der Waals surface area contributed by atoms with Crippen molar-refractivity contribution in [1.82, 2.24) is 0 Å². The molecule has 4 rings (SSSR count). The first kappa shape index (κ1) is 28.3. The van der Waals surface area contributed by atoms with Crippen molar-refractivity contribution in [2.45, 2.75) is 56.1 Å². The number of esters is 1. The van der Waals surface area contributed by atoms with Crippen LogP contribution < -0.4 is 10.6 Å². The van der Waals surface area contributed by atoms with Gasteiger partial charge in [-0.2, -0.15) is 0 Å². The van der Waals surface area contributed by atoms with Gasteiger partial charge in [0.25, 0.3) is 11.6 Å². The number of fused-ring (bicyclic) bond motifs is 1. The summed E-state index contributed by atoms with van der Waals surface area (Å²) in [5.74, 6) is -1.09. The number of hydrogen-bond donors (Lipinski definition) is 2. The summed E-state index contributed by atoms with van der Waals surface area (Å²) in [7, 11) is 0. The standard InChI is InChI=1S/C28H29N3O6S2/c1-3-22(26(33)30-27-24(28(34)37-4-2)21-13-5-6-14-23(21)39-27)38-20-12-8-10-18(16-20)29-25(32)17-9-7-11-19(15-17)31(35)36/h7-12,15-16,22H,3-6,13-14H2,1-2H3,(H,29,32)(H,30,33). The lowest BCUT2D eigenvalue weighted by Crippen LogP contribution is -2.25. The van der Waals surface area contributed by atoms with Crippen LogP contribution in [-0.4, -0.2) is 34.6 Å². The van der Waals surface area contributed by atoms with Gasteiger partial charge >= 0.3 is 5.97 Å². The molecular formula is C28H29N3O6S2. The van der Waals surface area contributed by atoms with Gasteiger partial charge in [-0.1, -0.05) is 19.1 Å². The van der Waals surface area contributed by atoms with E-state index in [1.165, 1.54) is 47.4 Å². The average molecular weight is 568 g/mol. The molecule has 2 aromatic carbocycles. The Balaban J connectivity index is 1.47. The SMILES string of the molecule is CCOC(=O)c1c(NC(=O)C(CC)Sc2cccc(NC(=O)c3cccc([N+](=O)[O-])c3)c2)sc2c1CCCC2. The normalized spacial score (nSPS) is 13.2. The zero-order chi connectivity index (χ0) is 27.9. The van der Waals surface area contributed by atoms with Crippen molar-refractivity contribution in [3.05, 3.63) is 80.2 Å². The molecule has 0 fully saturated rings. The van der Waals surface area contributed by atoms with Crippen LogP contribution >= 0.6 is 23.1 Å². The van der Waals surface area contributed by atoms with Crippen molar-refractivity contribution in [2.24, 2.45) is 0 Å². The maximum absolute atomic E-state index is 13.3. The summed E-state index contributed by atoms with van der Waals surface area (Å²) in [6.07, 6.45) is 4.30. The van der Waals surface area contributed by atoms with Crippen molar-refractivity contribution in [1.29, 1.82) is 0 Å². The molecule has 1 aromatic heterocycles. The highest BCUT2D eigenvalue weighted by Crippen LogP contribution is 2.39. The number of thioether (sulfide) groups is 1. The van der Waals surface area contributed by atoms with Crippen LogP contribution in [0.15, 0.2) is 53.4 Å². The molecule has 1 aliphatic carbocycles. The van der Waals surface area contributed by atoms with Crippen LogP contribution in [0.5, 0.6) is 0 Å². The number of nitrogens with zero attached hydrogens (tertiary/aromatic N) is 1. The minimum atomic E-state index is -0.551. The number of anilines is 2. The van der Waals surface area contributed by atoms with E-state index in [2.05, 4.69) is 10.6 Å². The Hall–Kier alpha value is -3.70. The second-order valence-electron chi connectivity index (χ2n) is 8.93. The molecular weight excluding hydrogens is 538 g/mol. The Labute approximate surface area is 234 Å². The van der Waals surface area contributed by atoms with Crippen LogP contribution in [0.3, 0.4) is 0 Å². The molecule has 1 aliphatic rings. The Bertz CT molecular complexity index is 1400. The summed E-state index contributed by atoms with van der Waals surface area (Å²) in [5.41, 5.74) is 1.98. The molecule has 0 saturated heterocycles. The summed E-state index contributed by atoms with van der Waals surface area (Å²) in [4.78, 5) is 51.1. The fourth-order valence-electron chi connectivity index (χ4n) is 4.36. The number of thiophene rings is 1. The first-order chi connectivity index (χ1) is 18.8. The molecule has 9 nitrogen and oxygen atoms in total. The van der Waals surface area contributed by atoms with Gasteiger partial charge in [0.2, 0.25) is 5.91 Å². The van der Waals surface area contributed by atoms with Gasteiger partial charge in [-0.05, 0) is 68.9 Å². The predicted octanol–water partition coefficient (Wildman–Crippen LogP) is 6.47. The highest BCUT2D eigenvalue weighted by molar-refractivity contribution is 8.00. The largest absolute Gasteiger partial charge is 0.462 e. The number of carbonyl (C=O) groups excluding carboxylic acids is 3. The number of hydrogen-bond acceptors (Lipinski definition) is 8. The molecule has 3 aromatic rings. The monoisotopic (exact) mass is 567 g/mol. The minimum absolute atomic E-state index is 0.165. The molecule has 1 unspecified atom stereocenters. The van der Waals surface area contributed by atoms with Gasteiger partial charge in [-0.15, -0.1) is 23.1 Å². The van der Waals surface area contributed by atoms with Crippen LogP contribution in [0.1, 0.15) is 64.3 Å². The number of ether oxygens (including phenoxy) is 1. The third-order valence-electron chi connectivity index (χ3n) is 6.24. The zero-order valence-electron chi connectivity index (χ0n) is 21.7. The molecule has 0 saturated carbocycles. The lowest BCUT2D eigenvalue weighted by molar-refractivity contribution is -0.384. The molecule has 0 bridgehead atoms. The van der Waals surface area contributed by atoms with E-state index in [1.807, 2.05) is 13.0 Å². The van der Waals surface area contributed by atoms with Crippen LogP contribution in [0.4, 0.5) is 16.4 Å². The van der Waals surface area contributed by atoms with E-state index in [4.69, 9.17) is 4.74 Å². The van der Waals surface area contributed by atoms with E-state index in [9.17, 15) is 24.5 Å². The van der Waals surface area contributed by atoms with Crippen LogP contribution in [0.25, 0.3) is 0 Å². The summed E-state index contributed by atoms with van der Waals surface area (Å²) < 4.78 is 5.30. The fourth-order valence-corrected chi connectivity index (χ4v) is 6.66. The molecule has 0 spiro atoms. The third kappa shape index (κ3) is 6.85. The number of nitrogens with one attached hydrogen (secondary N) is 2. The van der Waals surface area contributed by atoms with Gasteiger partial charge in [-0.3, -0.25) is 19.7 Å². The topological polar surface area (TPSA) is 128 Å². The maximum Gasteiger partial charge on any atom is 0.341 e. The van der Waals surface area contributed by atoms with Crippen molar-refractivity contribution in [3.8, 4) is 0 Å². The Kier molecular flexibility index (Phi) is 9.36. The van der Waals surface area contributed by atoms with Crippen LogP contribution in [0, 0.1) is 10.1 Å². The Morgan fingerprint density at radius 3 is 2.59 bits per heavy atom. The molecule has 2 N–H and O–H groups in total. The summed E-state index contributed by atoms with van der Waals surface area (Å²) in [6, 6.07) is 12.6. The molecule has 0 radical (unpaired) electrons. The van der Waals surface area contributed by atoms with Gasteiger partial charge in [-0.25, -0.2) is 4.79 Å². The number of aryl methyl sites for hydroxylation is 1. The van der Waals surface area contributed by atoms with E-state index in [1.54, 1.807) is 25.1 Å². The van der Waals surface area contributed by atoms with Gasteiger partial charge in [0.1, 0.15) is 5.00 Å². The highest BCUT2D eigenvalue weighted by atomic mass is 32.2. The number of carbonyl (C=O) groups is 3. The smallest absolute Gasteiger partial charge is 0.341 e.